The molecule has 0 aromatic carbocycles. The minimum absolute atomic E-state index is 0.120. The average molecular weight is 251 g/mol. The maximum atomic E-state index is 11.3. The first-order valence-electron chi connectivity index (χ1n) is 7.05. The van der Waals surface area contributed by atoms with E-state index in [4.69, 9.17) is 4.74 Å². The number of ether oxygens (including phenoxy) is 1. The van der Waals surface area contributed by atoms with Gasteiger partial charge in [-0.25, -0.2) is 0 Å². The van der Waals surface area contributed by atoms with Crippen molar-refractivity contribution in [3.05, 3.63) is 0 Å². The molecule has 0 bridgehead atoms. The number of hydrogen-bond donors (Lipinski definition) is 0. The number of piperidine rings is 1. The van der Waals surface area contributed by atoms with Crippen LogP contribution < -0.4 is 0 Å². The van der Waals surface area contributed by atoms with Crippen LogP contribution in [0.5, 0.6) is 0 Å². The van der Waals surface area contributed by atoms with Crippen molar-refractivity contribution in [2.24, 2.45) is 10.8 Å². The highest BCUT2D eigenvalue weighted by molar-refractivity contribution is 5.67. The van der Waals surface area contributed by atoms with Gasteiger partial charge in [-0.1, -0.05) is 13.8 Å². The highest BCUT2D eigenvalue weighted by atomic mass is 16.5. The minimum Gasteiger partial charge on any atom is -0.461 e. The van der Waals surface area contributed by atoms with Gasteiger partial charge in [-0.15, -0.1) is 0 Å². The van der Waals surface area contributed by atoms with Crippen LogP contribution in [0.4, 0.5) is 0 Å². The van der Waals surface area contributed by atoms with E-state index >= 15 is 0 Å². The Balaban J connectivity index is 1.92. The van der Waals surface area contributed by atoms with Gasteiger partial charge in [0, 0.05) is 35.4 Å². The standard InChI is InChI=1S/C15H25NO2/c1-10(17)18-11-13(5)7-8-15(13)14(11,6)9-16(15)12(2,3)4/h11H,7-9H2,1-6H3. The Morgan fingerprint density at radius 2 is 1.83 bits per heavy atom. The summed E-state index contributed by atoms with van der Waals surface area (Å²) < 4.78 is 5.65. The van der Waals surface area contributed by atoms with Crippen molar-refractivity contribution in [1.82, 2.24) is 4.90 Å². The minimum atomic E-state index is -0.128. The molecular formula is C15H25NO2. The zero-order valence-corrected chi connectivity index (χ0v) is 12.5. The number of hydrogen-bond acceptors (Lipinski definition) is 3. The van der Waals surface area contributed by atoms with Gasteiger partial charge < -0.3 is 4.74 Å². The lowest BCUT2D eigenvalue weighted by Gasteiger charge is -2.90. The molecule has 0 radical (unpaired) electrons. The number of rotatable bonds is 1. The van der Waals surface area contributed by atoms with Crippen molar-refractivity contribution in [2.75, 3.05) is 6.54 Å². The highest BCUT2D eigenvalue weighted by Crippen LogP contribution is 2.81. The zero-order valence-electron chi connectivity index (χ0n) is 12.5. The summed E-state index contributed by atoms with van der Waals surface area (Å²) in [5, 5.41) is 0. The van der Waals surface area contributed by atoms with Gasteiger partial charge in [0.25, 0.3) is 0 Å². The Kier molecular flexibility index (Phi) is 2.04. The van der Waals surface area contributed by atoms with Gasteiger partial charge in [-0.2, -0.15) is 0 Å². The van der Waals surface area contributed by atoms with E-state index in [0.717, 1.165) is 6.54 Å². The summed E-state index contributed by atoms with van der Waals surface area (Å²) in [4.78, 5) is 14.0. The molecule has 4 atom stereocenters. The maximum absolute atomic E-state index is 11.3. The molecule has 3 fully saturated rings. The van der Waals surface area contributed by atoms with E-state index < -0.39 is 0 Å². The number of likely N-dealkylation sites (tertiary alicyclic amines) is 1. The summed E-state index contributed by atoms with van der Waals surface area (Å²) in [6.45, 7) is 14.1. The second kappa shape index (κ2) is 2.95. The van der Waals surface area contributed by atoms with Crippen LogP contribution in [0.1, 0.15) is 54.4 Å². The molecule has 0 aromatic rings. The van der Waals surface area contributed by atoms with Gasteiger partial charge in [0.1, 0.15) is 6.10 Å². The van der Waals surface area contributed by atoms with E-state index in [2.05, 4.69) is 39.5 Å². The first-order valence-corrected chi connectivity index (χ1v) is 7.05. The summed E-state index contributed by atoms with van der Waals surface area (Å²) in [6, 6.07) is 0. The number of nitrogens with zero attached hydrogens (tertiary/aromatic N) is 1. The Hall–Kier alpha value is -0.570. The molecular weight excluding hydrogens is 226 g/mol. The van der Waals surface area contributed by atoms with Crippen LogP contribution in [-0.2, 0) is 9.53 Å². The number of carbonyl (C=O) groups is 1. The highest BCUT2D eigenvalue weighted by Gasteiger charge is 2.89. The fraction of sp³-hybridized carbons (Fsp3) is 0.933. The van der Waals surface area contributed by atoms with Crippen LogP contribution >= 0.6 is 0 Å². The second-order valence-electron chi connectivity index (χ2n) is 7.94. The van der Waals surface area contributed by atoms with Crippen LogP contribution in [0.15, 0.2) is 0 Å². The van der Waals surface area contributed by atoms with Crippen molar-refractivity contribution in [3.63, 3.8) is 0 Å². The van der Waals surface area contributed by atoms with Gasteiger partial charge in [-0.3, -0.25) is 9.69 Å². The van der Waals surface area contributed by atoms with E-state index in [-0.39, 0.29) is 28.4 Å². The largest absolute Gasteiger partial charge is 0.461 e. The smallest absolute Gasteiger partial charge is 0.302 e. The van der Waals surface area contributed by atoms with Gasteiger partial charge in [0.05, 0.1) is 0 Å². The maximum Gasteiger partial charge on any atom is 0.302 e. The Labute approximate surface area is 110 Å². The molecule has 1 spiro atoms. The molecule has 0 amide bonds. The van der Waals surface area contributed by atoms with Crippen molar-refractivity contribution < 1.29 is 9.53 Å². The molecule has 102 valence electrons. The van der Waals surface area contributed by atoms with E-state index in [1.165, 1.54) is 19.8 Å². The summed E-state index contributed by atoms with van der Waals surface area (Å²) in [5.41, 5.74) is 0.860. The Morgan fingerprint density at radius 3 is 2.17 bits per heavy atom. The molecule has 3 heteroatoms. The molecule has 2 aliphatic carbocycles. The SMILES string of the molecule is CC(=O)OC1C2(C)CCC23N(C(C)(C)C)CC13C. The lowest BCUT2D eigenvalue weighted by Crippen LogP contribution is -2.99. The van der Waals surface area contributed by atoms with Gasteiger partial charge >= 0.3 is 5.97 Å². The summed E-state index contributed by atoms with van der Waals surface area (Å²) in [7, 11) is 0. The first-order chi connectivity index (χ1) is 8.09. The Morgan fingerprint density at radius 1 is 1.22 bits per heavy atom. The average Bonchev–Trinajstić information content (AvgIpc) is 2.17. The molecule has 3 nitrogen and oxygen atoms in total. The molecule has 0 aromatic heterocycles. The van der Waals surface area contributed by atoms with Gasteiger partial charge in [-0.05, 0) is 33.6 Å². The monoisotopic (exact) mass is 251 g/mol. The van der Waals surface area contributed by atoms with Gasteiger partial charge in [0.15, 0.2) is 0 Å². The van der Waals surface area contributed by atoms with Crippen LogP contribution in [-0.4, -0.2) is 34.6 Å². The van der Waals surface area contributed by atoms with Crippen LogP contribution in [0.3, 0.4) is 0 Å². The second-order valence-corrected chi connectivity index (χ2v) is 7.94. The predicted molar refractivity (Wildman–Crippen MR) is 70.2 cm³/mol. The predicted octanol–water partition coefficient (Wildman–Crippen LogP) is 2.59. The first kappa shape index (κ1) is 12.5. The van der Waals surface area contributed by atoms with Gasteiger partial charge in [0.2, 0.25) is 0 Å². The molecule has 4 unspecified atom stereocenters. The van der Waals surface area contributed by atoms with E-state index in [9.17, 15) is 4.79 Å². The molecule has 3 rings (SSSR count). The number of carbonyl (C=O) groups excluding carboxylic acids is 1. The van der Waals surface area contributed by atoms with E-state index in [1.54, 1.807) is 0 Å². The third kappa shape index (κ3) is 0.974. The molecule has 18 heavy (non-hydrogen) atoms. The lowest BCUT2D eigenvalue weighted by atomic mass is 9.26. The fourth-order valence-corrected chi connectivity index (χ4v) is 5.46. The lowest BCUT2D eigenvalue weighted by molar-refractivity contribution is -0.432. The fourth-order valence-electron chi connectivity index (χ4n) is 5.46. The van der Waals surface area contributed by atoms with Crippen molar-refractivity contribution in [2.45, 2.75) is 71.6 Å². The molecule has 1 aliphatic heterocycles. The quantitative estimate of drug-likeness (QED) is 0.671. The van der Waals surface area contributed by atoms with Crippen LogP contribution in [0.2, 0.25) is 0 Å². The molecule has 0 N–H and O–H groups in total. The van der Waals surface area contributed by atoms with Crippen molar-refractivity contribution in [1.29, 1.82) is 0 Å². The van der Waals surface area contributed by atoms with Crippen molar-refractivity contribution in [3.8, 4) is 0 Å². The topological polar surface area (TPSA) is 29.5 Å². The van der Waals surface area contributed by atoms with Crippen molar-refractivity contribution >= 4 is 5.97 Å². The molecule has 1 saturated heterocycles. The van der Waals surface area contributed by atoms with Crippen LogP contribution in [0.25, 0.3) is 0 Å². The number of esters is 1. The zero-order chi connectivity index (χ0) is 13.6. The molecule has 1 heterocycles. The van der Waals surface area contributed by atoms with E-state index in [1.807, 2.05) is 0 Å². The normalized spacial score (nSPS) is 50.2. The van der Waals surface area contributed by atoms with Crippen LogP contribution in [0, 0.1) is 10.8 Å². The summed E-state index contributed by atoms with van der Waals surface area (Å²) in [5.74, 6) is -0.128. The summed E-state index contributed by atoms with van der Waals surface area (Å²) in [6.07, 6.45) is 2.57. The molecule has 3 aliphatic rings. The van der Waals surface area contributed by atoms with E-state index in [0.29, 0.717) is 5.54 Å². The Bertz CT molecular complexity index is 415. The summed E-state index contributed by atoms with van der Waals surface area (Å²) >= 11 is 0. The molecule has 2 saturated carbocycles. The third-order valence-corrected chi connectivity index (χ3v) is 6.09. The third-order valence-electron chi connectivity index (χ3n) is 6.09.